The quantitative estimate of drug-likeness (QED) is 0.814. The van der Waals surface area contributed by atoms with E-state index < -0.39 is 5.82 Å². The molecule has 0 bridgehead atoms. The van der Waals surface area contributed by atoms with Crippen LogP contribution in [0.3, 0.4) is 0 Å². The Balaban J connectivity index is 1.98. The molecule has 0 saturated carbocycles. The molecule has 1 N–H and O–H groups in total. The molecule has 138 valence electrons. The van der Waals surface area contributed by atoms with Crippen molar-refractivity contribution in [2.24, 2.45) is 0 Å². The fourth-order valence-electron chi connectivity index (χ4n) is 2.43. The van der Waals surface area contributed by atoms with E-state index >= 15 is 0 Å². The number of nitrogens with one attached hydrogen (secondary N) is 1. The van der Waals surface area contributed by atoms with Crippen LogP contribution in [0.25, 0.3) is 0 Å². The minimum atomic E-state index is -0.495. The second-order valence-electron chi connectivity index (χ2n) is 6.11. The smallest absolute Gasteiger partial charge is 0.226 e. The third-order valence-electron chi connectivity index (χ3n) is 3.61. The summed E-state index contributed by atoms with van der Waals surface area (Å²) >= 11 is 0. The van der Waals surface area contributed by atoms with E-state index in [2.05, 4.69) is 5.32 Å². The van der Waals surface area contributed by atoms with Crippen molar-refractivity contribution in [1.82, 2.24) is 0 Å². The Morgan fingerprint density at radius 2 is 1.77 bits per heavy atom. The van der Waals surface area contributed by atoms with E-state index in [-0.39, 0.29) is 36.6 Å². The van der Waals surface area contributed by atoms with Gasteiger partial charge in [0, 0.05) is 25.6 Å². The Kier molecular flexibility index (Phi) is 6.72. The van der Waals surface area contributed by atoms with Crippen LogP contribution >= 0.6 is 0 Å². The van der Waals surface area contributed by atoms with Gasteiger partial charge in [-0.3, -0.25) is 9.59 Å². The Morgan fingerprint density at radius 3 is 2.35 bits per heavy atom. The number of hydrogen-bond acceptors (Lipinski definition) is 3. The van der Waals surface area contributed by atoms with Crippen LogP contribution in [0.2, 0.25) is 0 Å². The molecule has 2 amide bonds. The molecule has 2 rings (SSSR count). The molecule has 0 heterocycles. The fraction of sp³-hybridized carbons (Fsp3) is 0.300. The van der Waals surface area contributed by atoms with Crippen molar-refractivity contribution in [3.05, 3.63) is 54.3 Å². The monoisotopic (exact) mass is 358 g/mol. The van der Waals surface area contributed by atoms with Gasteiger partial charge >= 0.3 is 0 Å². The van der Waals surface area contributed by atoms with Gasteiger partial charge in [0.15, 0.2) is 0 Å². The maximum Gasteiger partial charge on any atom is 0.226 e. The van der Waals surface area contributed by atoms with Crippen molar-refractivity contribution < 1.29 is 18.7 Å². The summed E-state index contributed by atoms with van der Waals surface area (Å²) in [5.41, 5.74) is 0.800. The number of halogens is 1. The molecule has 0 aliphatic carbocycles. The minimum absolute atomic E-state index is 0.0537. The zero-order valence-electron chi connectivity index (χ0n) is 15.2. The van der Waals surface area contributed by atoms with Gasteiger partial charge in [-0.25, -0.2) is 4.39 Å². The first-order chi connectivity index (χ1) is 12.4. The fourth-order valence-corrected chi connectivity index (χ4v) is 2.43. The molecule has 6 heteroatoms. The van der Waals surface area contributed by atoms with E-state index in [0.717, 1.165) is 0 Å². The highest BCUT2D eigenvalue weighted by Gasteiger charge is 2.14. The SMILES string of the molecule is CC(=O)N(CCC(=O)Nc1ccccc1F)c1ccc(OC(C)C)cc1. The van der Waals surface area contributed by atoms with Gasteiger partial charge in [0.25, 0.3) is 0 Å². The summed E-state index contributed by atoms with van der Waals surface area (Å²) in [6.45, 7) is 5.50. The van der Waals surface area contributed by atoms with Gasteiger partial charge < -0.3 is 15.0 Å². The molecular weight excluding hydrogens is 335 g/mol. The van der Waals surface area contributed by atoms with Crippen LogP contribution in [0.1, 0.15) is 27.2 Å². The molecule has 0 saturated heterocycles. The Labute approximate surface area is 152 Å². The lowest BCUT2D eigenvalue weighted by Gasteiger charge is -2.21. The lowest BCUT2D eigenvalue weighted by Crippen LogP contribution is -2.32. The van der Waals surface area contributed by atoms with Crippen molar-refractivity contribution in [3.8, 4) is 5.75 Å². The molecule has 0 aliphatic rings. The highest BCUT2D eigenvalue weighted by Crippen LogP contribution is 2.21. The second-order valence-corrected chi connectivity index (χ2v) is 6.11. The summed E-state index contributed by atoms with van der Waals surface area (Å²) in [5.74, 6) is -0.322. The van der Waals surface area contributed by atoms with Gasteiger partial charge in [-0.2, -0.15) is 0 Å². The molecule has 0 aromatic heterocycles. The summed E-state index contributed by atoms with van der Waals surface area (Å²) in [6, 6.07) is 13.1. The van der Waals surface area contributed by atoms with Gasteiger partial charge in [-0.1, -0.05) is 12.1 Å². The first-order valence-electron chi connectivity index (χ1n) is 8.46. The molecule has 2 aromatic rings. The van der Waals surface area contributed by atoms with Crippen LogP contribution < -0.4 is 15.0 Å². The largest absolute Gasteiger partial charge is 0.491 e. The highest BCUT2D eigenvalue weighted by molar-refractivity contribution is 5.94. The van der Waals surface area contributed by atoms with Gasteiger partial charge in [0.2, 0.25) is 11.8 Å². The number of benzene rings is 2. The van der Waals surface area contributed by atoms with E-state index in [1.165, 1.54) is 24.0 Å². The third kappa shape index (κ3) is 5.58. The number of ether oxygens (including phenoxy) is 1. The van der Waals surface area contributed by atoms with Crippen molar-refractivity contribution in [1.29, 1.82) is 0 Å². The number of anilines is 2. The maximum absolute atomic E-state index is 13.6. The van der Waals surface area contributed by atoms with E-state index in [0.29, 0.717) is 11.4 Å². The zero-order valence-corrected chi connectivity index (χ0v) is 15.2. The lowest BCUT2D eigenvalue weighted by molar-refractivity contribution is -0.117. The van der Waals surface area contributed by atoms with E-state index in [9.17, 15) is 14.0 Å². The van der Waals surface area contributed by atoms with Crippen molar-refractivity contribution in [2.75, 3.05) is 16.8 Å². The maximum atomic E-state index is 13.6. The van der Waals surface area contributed by atoms with Gasteiger partial charge in [0.05, 0.1) is 11.8 Å². The predicted octanol–water partition coefficient (Wildman–Crippen LogP) is 3.99. The molecule has 0 spiro atoms. The molecule has 0 atom stereocenters. The minimum Gasteiger partial charge on any atom is -0.491 e. The van der Waals surface area contributed by atoms with Crippen molar-refractivity contribution >= 4 is 23.2 Å². The number of para-hydroxylation sites is 1. The summed E-state index contributed by atoms with van der Waals surface area (Å²) in [5, 5.41) is 2.51. The molecule has 0 unspecified atom stereocenters. The van der Waals surface area contributed by atoms with E-state index in [4.69, 9.17) is 4.74 Å². The van der Waals surface area contributed by atoms with Crippen LogP contribution in [0.15, 0.2) is 48.5 Å². The zero-order chi connectivity index (χ0) is 19.1. The number of nitrogens with zero attached hydrogens (tertiary/aromatic N) is 1. The Morgan fingerprint density at radius 1 is 1.12 bits per heavy atom. The highest BCUT2D eigenvalue weighted by atomic mass is 19.1. The normalized spacial score (nSPS) is 10.5. The lowest BCUT2D eigenvalue weighted by atomic mass is 10.2. The summed E-state index contributed by atoms with van der Waals surface area (Å²) < 4.78 is 19.2. The van der Waals surface area contributed by atoms with Crippen LogP contribution in [-0.2, 0) is 9.59 Å². The van der Waals surface area contributed by atoms with Gasteiger partial charge in [-0.05, 0) is 50.2 Å². The van der Waals surface area contributed by atoms with Crippen molar-refractivity contribution in [2.45, 2.75) is 33.3 Å². The number of amides is 2. The molecule has 0 aliphatic heterocycles. The van der Waals surface area contributed by atoms with Crippen molar-refractivity contribution in [3.63, 3.8) is 0 Å². The van der Waals surface area contributed by atoms with Crippen LogP contribution in [-0.4, -0.2) is 24.5 Å². The van der Waals surface area contributed by atoms with Crippen LogP contribution in [0, 0.1) is 5.82 Å². The second kappa shape index (κ2) is 8.99. The van der Waals surface area contributed by atoms with Crippen LogP contribution in [0.5, 0.6) is 5.75 Å². The average molecular weight is 358 g/mol. The third-order valence-corrected chi connectivity index (χ3v) is 3.61. The standard InChI is InChI=1S/C20H23FN2O3/c1-14(2)26-17-10-8-16(9-11-17)23(15(3)24)13-12-20(25)22-19-7-5-4-6-18(19)21/h4-11,14H,12-13H2,1-3H3,(H,22,25). The molecule has 2 aromatic carbocycles. The van der Waals surface area contributed by atoms with Gasteiger partial charge in [-0.15, -0.1) is 0 Å². The summed E-state index contributed by atoms with van der Waals surface area (Å²) in [7, 11) is 0. The Bertz CT molecular complexity index is 760. The van der Waals surface area contributed by atoms with Gasteiger partial charge in [0.1, 0.15) is 11.6 Å². The Hall–Kier alpha value is -2.89. The summed E-state index contributed by atoms with van der Waals surface area (Å²) in [6.07, 6.45) is 0.116. The number of rotatable bonds is 7. The predicted molar refractivity (Wildman–Crippen MR) is 99.9 cm³/mol. The topological polar surface area (TPSA) is 58.6 Å². The van der Waals surface area contributed by atoms with Crippen LogP contribution in [0.4, 0.5) is 15.8 Å². The summed E-state index contributed by atoms with van der Waals surface area (Å²) in [4.78, 5) is 25.5. The molecular formula is C20H23FN2O3. The molecule has 0 radical (unpaired) electrons. The van der Waals surface area contributed by atoms with E-state index in [1.54, 1.807) is 36.4 Å². The first-order valence-corrected chi connectivity index (χ1v) is 8.46. The molecule has 26 heavy (non-hydrogen) atoms. The van der Waals surface area contributed by atoms with E-state index in [1.807, 2.05) is 13.8 Å². The molecule has 0 fully saturated rings. The average Bonchev–Trinajstić information content (AvgIpc) is 2.58. The number of carbonyl (C=O) groups is 2. The number of hydrogen-bond donors (Lipinski definition) is 1. The number of carbonyl (C=O) groups excluding carboxylic acids is 2. The first kappa shape index (κ1) is 19.4. The molecule has 5 nitrogen and oxygen atoms in total.